The smallest absolute Gasteiger partial charge is 0.335 e. The van der Waals surface area contributed by atoms with Gasteiger partial charge in [-0.05, 0) is 18.2 Å². The summed E-state index contributed by atoms with van der Waals surface area (Å²) in [6.07, 6.45) is 4.36. The van der Waals surface area contributed by atoms with Crippen molar-refractivity contribution < 1.29 is 9.90 Å². The zero-order valence-corrected chi connectivity index (χ0v) is 8.92. The van der Waals surface area contributed by atoms with E-state index in [4.69, 9.17) is 5.11 Å². The number of imidazole rings is 1. The molecule has 0 aliphatic carbocycles. The monoisotopic (exact) mass is 216 g/mol. The molecule has 0 saturated carbocycles. The van der Waals surface area contributed by atoms with Crippen LogP contribution in [0, 0.1) is 0 Å². The van der Waals surface area contributed by atoms with Crippen molar-refractivity contribution in [3.8, 4) is 5.69 Å². The van der Waals surface area contributed by atoms with Crippen molar-refractivity contribution >= 4 is 5.97 Å². The van der Waals surface area contributed by atoms with Gasteiger partial charge in [0.1, 0.15) is 5.82 Å². The lowest BCUT2D eigenvalue weighted by atomic mass is 10.2. The second kappa shape index (κ2) is 4.18. The van der Waals surface area contributed by atoms with E-state index in [9.17, 15) is 4.79 Å². The zero-order chi connectivity index (χ0) is 11.5. The third kappa shape index (κ3) is 1.82. The Labute approximate surface area is 93.2 Å². The maximum Gasteiger partial charge on any atom is 0.335 e. The van der Waals surface area contributed by atoms with Gasteiger partial charge in [0.15, 0.2) is 0 Å². The van der Waals surface area contributed by atoms with Crippen molar-refractivity contribution in [2.45, 2.75) is 13.3 Å². The summed E-state index contributed by atoms with van der Waals surface area (Å²) >= 11 is 0. The van der Waals surface area contributed by atoms with Crippen molar-refractivity contribution in [1.29, 1.82) is 0 Å². The molecule has 0 fully saturated rings. The van der Waals surface area contributed by atoms with Crippen LogP contribution in [0.3, 0.4) is 0 Å². The number of aryl methyl sites for hydroxylation is 1. The molecule has 0 aliphatic rings. The van der Waals surface area contributed by atoms with Crippen molar-refractivity contribution in [3.63, 3.8) is 0 Å². The lowest BCUT2D eigenvalue weighted by Gasteiger charge is -2.06. The minimum absolute atomic E-state index is 0.285. The van der Waals surface area contributed by atoms with E-state index in [1.54, 1.807) is 24.4 Å². The first-order valence-corrected chi connectivity index (χ1v) is 5.08. The maximum atomic E-state index is 10.9. The van der Waals surface area contributed by atoms with Crippen molar-refractivity contribution in [2.75, 3.05) is 0 Å². The van der Waals surface area contributed by atoms with Crippen LogP contribution in [0.15, 0.2) is 36.7 Å². The van der Waals surface area contributed by atoms with Crippen LogP contribution in [0.5, 0.6) is 0 Å². The Kier molecular flexibility index (Phi) is 2.72. The molecule has 0 amide bonds. The molecule has 82 valence electrons. The molecule has 0 saturated heterocycles. The van der Waals surface area contributed by atoms with Crippen molar-refractivity contribution in [2.24, 2.45) is 0 Å². The molecule has 0 bridgehead atoms. The van der Waals surface area contributed by atoms with Crippen LogP contribution in [0.4, 0.5) is 0 Å². The van der Waals surface area contributed by atoms with E-state index in [1.807, 2.05) is 23.8 Å². The minimum atomic E-state index is -0.917. The average Bonchev–Trinajstić information content (AvgIpc) is 2.77. The first-order chi connectivity index (χ1) is 7.72. The number of benzene rings is 1. The summed E-state index contributed by atoms with van der Waals surface area (Å²) in [5.41, 5.74) is 1.11. The van der Waals surface area contributed by atoms with Gasteiger partial charge >= 0.3 is 5.97 Å². The number of carbonyl (C=O) groups is 1. The Morgan fingerprint density at radius 3 is 3.00 bits per heavy atom. The summed E-state index contributed by atoms with van der Waals surface area (Å²) in [6.45, 7) is 2.01. The summed E-state index contributed by atoms with van der Waals surface area (Å²) < 4.78 is 1.90. The molecule has 4 nitrogen and oxygen atoms in total. The van der Waals surface area contributed by atoms with Gasteiger partial charge in [0.05, 0.1) is 5.56 Å². The first kappa shape index (κ1) is 10.4. The molecule has 2 rings (SSSR count). The van der Waals surface area contributed by atoms with E-state index in [0.717, 1.165) is 17.9 Å². The quantitative estimate of drug-likeness (QED) is 0.855. The fourth-order valence-electron chi connectivity index (χ4n) is 1.62. The van der Waals surface area contributed by atoms with Crippen molar-refractivity contribution in [3.05, 3.63) is 48.0 Å². The van der Waals surface area contributed by atoms with Gasteiger partial charge in [-0.1, -0.05) is 13.0 Å². The van der Waals surface area contributed by atoms with Gasteiger partial charge in [0.2, 0.25) is 0 Å². The number of carboxylic acids is 1. The van der Waals surface area contributed by atoms with Gasteiger partial charge in [-0.25, -0.2) is 9.78 Å². The first-order valence-electron chi connectivity index (χ1n) is 5.08. The molecule has 16 heavy (non-hydrogen) atoms. The number of carboxylic acid groups (broad SMARTS) is 1. The standard InChI is InChI=1S/C12H12N2O2/c1-2-11-13-6-7-14(11)10-5-3-4-9(8-10)12(15)16/h3-8H,2H2,1H3,(H,15,16). The molecule has 2 aromatic rings. The molecule has 1 aromatic carbocycles. The predicted molar refractivity (Wildman–Crippen MR) is 59.9 cm³/mol. The fraction of sp³-hybridized carbons (Fsp3) is 0.167. The van der Waals surface area contributed by atoms with Crippen LogP contribution < -0.4 is 0 Å². The maximum absolute atomic E-state index is 10.9. The van der Waals surface area contributed by atoms with E-state index in [2.05, 4.69) is 4.98 Å². The minimum Gasteiger partial charge on any atom is -0.478 e. The SMILES string of the molecule is CCc1nccn1-c1cccc(C(=O)O)c1. The summed E-state index contributed by atoms with van der Waals surface area (Å²) in [5.74, 6) is 0.00236. The topological polar surface area (TPSA) is 55.1 Å². The Bertz CT molecular complexity index is 517. The molecule has 0 unspecified atom stereocenters. The van der Waals surface area contributed by atoms with Gasteiger partial charge in [-0.3, -0.25) is 0 Å². The fourth-order valence-corrected chi connectivity index (χ4v) is 1.62. The van der Waals surface area contributed by atoms with E-state index >= 15 is 0 Å². The molecule has 1 aromatic heterocycles. The number of hydrogen-bond donors (Lipinski definition) is 1. The Hall–Kier alpha value is -2.10. The van der Waals surface area contributed by atoms with Gasteiger partial charge in [-0.2, -0.15) is 0 Å². The normalized spacial score (nSPS) is 10.3. The number of nitrogens with zero attached hydrogens (tertiary/aromatic N) is 2. The molecule has 1 N–H and O–H groups in total. The molecule has 0 spiro atoms. The number of rotatable bonds is 3. The Balaban J connectivity index is 2.48. The summed E-state index contributed by atoms with van der Waals surface area (Å²) in [6, 6.07) is 6.82. The average molecular weight is 216 g/mol. The van der Waals surface area contributed by atoms with Gasteiger partial charge in [0.25, 0.3) is 0 Å². The molecular formula is C12H12N2O2. The van der Waals surface area contributed by atoms with Crippen LogP contribution >= 0.6 is 0 Å². The second-order valence-corrected chi connectivity index (χ2v) is 3.42. The highest BCUT2D eigenvalue weighted by molar-refractivity contribution is 5.88. The predicted octanol–water partition coefficient (Wildman–Crippen LogP) is 2.13. The van der Waals surface area contributed by atoms with Crippen LogP contribution in [-0.4, -0.2) is 20.6 Å². The van der Waals surface area contributed by atoms with Crippen LogP contribution in [0.2, 0.25) is 0 Å². The van der Waals surface area contributed by atoms with E-state index in [-0.39, 0.29) is 5.56 Å². The summed E-state index contributed by atoms with van der Waals surface area (Å²) in [4.78, 5) is 15.1. The van der Waals surface area contributed by atoms with Crippen LogP contribution in [0.25, 0.3) is 5.69 Å². The van der Waals surface area contributed by atoms with Gasteiger partial charge < -0.3 is 9.67 Å². The van der Waals surface area contributed by atoms with Gasteiger partial charge in [0, 0.05) is 24.5 Å². The highest BCUT2D eigenvalue weighted by Crippen LogP contribution is 2.13. The molecule has 4 heteroatoms. The number of aromatic carboxylic acids is 1. The highest BCUT2D eigenvalue weighted by atomic mass is 16.4. The third-order valence-electron chi connectivity index (χ3n) is 2.40. The summed E-state index contributed by atoms with van der Waals surface area (Å²) in [7, 11) is 0. The third-order valence-corrected chi connectivity index (χ3v) is 2.40. The molecule has 0 aliphatic heterocycles. The molecule has 0 atom stereocenters. The van der Waals surface area contributed by atoms with Crippen molar-refractivity contribution in [1.82, 2.24) is 9.55 Å². The second-order valence-electron chi connectivity index (χ2n) is 3.42. The Morgan fingerprint density at radius 2 is 2.31 bits per heavy atom. The Morgan fingerprint density at radius 1 is 1.50 bits per heavy atom. The largest absolute Gasteiger partial charge is 0.478 e. The van der Waals surface area contributed by atoms with E-state index < -0.39 is 5.97 Å². The molecule has 0 radical (unpaired) electrons. The number of aromatic nitrogens is 2. The number of hydrogen-bond acceptors (Lipinski definition) is 2. The van der Waals surface area contributed by atoms with Gasteiger partial charge in [-0.15, -0.1) is 0 Å². The van der Waals surface area contributed by atoms with E-state index in [1.165, 1.54) is 0 Å². The van der Waals surface area contributed by atoms with E-state index in [0.29, 0.717) is 0 Å². The molecular weight excluding hydrogens is 204 g/mol. The molecule has 1 heterocycles. The lowest BCUT2D eigenvalue weighted by Crippen LogP contribution is -2.02. The summed E-state index contributed by atoms with van der Waals surface area (Å²) in [5, 5.41) is 8.91. The van der Waals surface area contributed by atoms with Crippen LogP contribution in [-0.2, 0) is 6.42 Å². The highest BCUT2D eigenvalue weighted by Gasteiger charge is 2.06. The zero-order valence-electron chi connectivity index (χ0n) is 8.92. The van der Waals surface area contributed by atoms with Crippen LogP contribution in [0.1, 0.15) is 23.1 Å². The lowest BCUT2D eigenvalue weighted by molar-refractivity contribution is 0.0697.